The van der Waals surface area contributed by atoms with Crippen LogP contribution in [0.2, 0.25) is 0 Å². The number of pyridine rings is 1. The number of aliphatic hydroxyl groups excluding tert-OH is 1. The van der Waals surface area contributed by atoms with Crippen LogP contribution >= 0.6 is 0 Å². The fraction of sp³-hybridized carbons (Fsp3) is 0.346. The van der Waals surface area contributed by atoms with E-state index >= 15 is 0 Å². The summed E-state index contributed by atoms with van der Waals surface area (Å²) >= 11 is 0. The van der Waals surface area contributed by atoms with E-state index in [-0.39, 0.29) is 23.7 Å². The molecule has 2 aromatic carbocycles. The second-order valence-corrected chi connectivity index (χ2v) is 13.2. The molecule has 38 heavy (non-hydrogen) atoms. The van der Waals surface area contributed by atoms with Crippen molar-refractivity contribution < 1.29 is 31.1 Å². The van der Waals surface area contributed by atoms with Crippen molar-refractivity contribution in [2.24, 2.45) is 5.92 Å². The number of aliphatic hydroxyl groups is 1. The van der Waals surface area contributed by atoms with Gasteiger partial charge in [0.1, 0.15) is 27.5 Å². The fourth-order valence-corrected chi connectivity index (χ4v) is 7.41. The van der Waals surface area contributed by atoms with Crippen LogP contribution in [0.3, 0.4) is 0 Å². The Kier molecular flexibility index (Phi) is 8.19. The van der Waals surface area contributed by atoms with Gasteiger partial charge in [0.25, 0.3) is 0 Å². The number of likely N-dealkylation sites (N-methyl/N-ethyl adjacent to an activating group) is 1. The van der Waals surface area contributed by atoms with Crippen LogP contribution in [0.4, 0.5) is 4.39 Å². The van der Waals surface area contributed by atoms with E-state index in [4.69, 9.17) is 4.74 Å². The predicted molar refractivity (Wildman–Crippen MR) is 140 cm³/mol. The van der Waals surface area contributed by atoms with Gasteiger partial charge in [-0.2, -0.15) is 8.61 Å². The molecule has 0 unspecified atom stereocenters. The molecule has 0 amide bonds. The van der Waals surface area contributed by atoms with Crippen LogP contribution < -0.4 is 4.74 Å². The Hall–Kier alpha value is -2.90. The standard InChI is InChI=1S/C26H30FN3O6S2/c1-18-15-30(19(2)17-31)38(34,35)26-9-8-21(20-10-12-28-13-11-20)14-23(26)36-24(18)16-29(3)37(32,33)25-7-5-4-6-22(25)27/h4-14,18-19,24,31H,15-17H2,1-3H3/t18-,19-,24+/m1/s1. The van der Waals surface area contributed by atoms with E-state index in [1.54, 1.807) is 50.5 Å². The van der Waals surface area contributed by atoms with Gasteiger partial charge in [-0.05, 0) is 54.4 Å². The molecule has 3 aromatic rings. The molecule has 2 heterocycles. The van der Waals surface area contributed by atoms with Crippen molar-refractivity contribution in [3.05, 3.63) is 72.8 Å². The first kappa shape index (κ1) is 28.1. The monoisotopic (exact) mass is 563 g/mol. The van der Waals surface area contributed by atoms with Crippen LogP contribution in [-0.4, -0.2) is 74.4 Å². The number of rotatable bonds is 7. The normalized spacial score (nSPS) is 20.7. The maximum atomic E-state index is 14.3. The molecule has 12 heteroatoms. The minimum atomic E-state index is -4.20. The molecular weight excluding hydrogens is 533 g/mol. The van der Waals surface area contributed by atoms with Gasteiger partial charge in [0, 0.05) is 37.9 Å². The molecule has 3 atom stereocenters. The fourth-order valence-electron chi connectivity index (χ4n) is 4.34. The van der Waals surface area contributed by atoms with Crippen molar-refractivity contribution in [1.82, 2.24) is 13.6 Å². The van der Waals surface area contributed by atoms with Crippen LogP contribution in [0.1, 0.15) is 13.8 Å². The SMILES string of the molecule is C[C@@H]1CN([C@H](C)CO)S(=O)(=O)c2ccc(-c3ccncc3)cc2O[C@H]1CN(C)S(=O)(=O)c1ccccc1F. The molecule has 1 aliphatic rings. The second-order valence-electron chi connectivity index (χ2n) is 9.35. The molecule has 0 spiro atoms. The van der Waals surface area contributed by atoms with Crippen LogP contribution in [-0.2, 0) is 20.0 Å². The average Bonchev–Trinajstić information content (AvgIpc) is 2.90. The maximum absolute atomic E-state index is 14.3. The third-order valence-corrected chi connectivity index (χ3v) is 10.5. The number of hydrogen-bond donors (Lipinski definition) is 1. The molecule has 1 N–H and O–H groups in total. The van der Waals surface area contributed by atoms with Crippen LogP contribution in [0.15, 0.2) is 76.8 Å². The van der Waals surface area contributed by atoms with Gasteiger partial charge in [0.05, 0.1) is 13.2 Å². The van der Waals surface area contributed by atoms with E-state index in [1.807, 2.05) is 0 Å². The Labute approximate surface area is 222 Å². The quantitative estimate of drug-likeness (QED) is 0.470. The molecule has 1 aliphatic heterocycles. The van der Waals surface area contributed by atoms with E-state index in [2.05, 4.69) is 4.98 Å². The summed E-state index contributed by atoms with van der Waals surface area (Å²) in [6.45, 7) is 2.76. The highest BCUT2D eigenvalue weighted by Crippen LogP contribution is 2.36. The Balaban J connectivity index is 1.78. The van der Waals surface area contributed by atoms with Crippen molar-refractivity contribution >= 4 is 20.0 Å². The summed E-state index contributed by atoms with van der Waals surface area (Å²) in [5.74, 6) is -1.30. The molecule has 0 bridgehead atoms. The number of benzene rings is 2. The van der Waals surface area contributed by atoms with Crippen LogP contribution in [0.5, 0.6) is 5.75 Å². The first-order valence-electron chi connectivity index (χ1n) is 12.0. The number of sulfonamides is 2. The molecule has 9 nitrogen and oxygen atoms in total. The Bertz CT molecular complexity index is 1500. The van der Waals surface area contributed by atoms with Gasteiger partial charge < -0.3 is 9.84 Å². The lowest BCUT2D eigenvalue weighted by Crippen LogP contribution is -2.50. The number of aromatic nitrogens is 1. The van der Waals surface area contributed by atoms with Gasteiger partial charge in [-0.1, -0.05) is 25.1 Å². The maximum Gasteiger partial charge on any atom is 0.247 e. The van der Waals surface area contributed by atoms with Crippen molar-refractivity contribution in [3.63, 3.8) is 0 Å². The lowest BCUT2D eigenvalue weighted by molar-refractivity contribution is 0.0904. The Morgan fingerprint density at radius 3 is 2.50 bits per heavy atom. The molecule has 1 aromatic heterocycles. The van der Waals surface area contributed by atoms with Gasteiger partial charge in [-0.25, -0.2) is 21.2 Å². The number of fused-ring (bicyclic) bond motifs is 1. The lowest BCUT2D eigenvalue weighted by atomic mass is 10.0. The van der Waals surface area contributed by atoms with Gasteiger partial charge >= 0.3 is 0 Å². The van der Waals surface area contributed by atoms with Gasteiger partial charge in [-0.15, -0.1) is 0 Å². The molecule has 0 saturated heterocycles. The molecule has 0 saturated carbocycles. The number of ether oxygens (including phenoxy) is 1. The van der Waals surface area contributed by atoms with Gasteiger partial charge in [0.15, 0.2) is 0 Å². The van der Waals surface area contributed by atoms with E-state index in [9.17, 15) is 26.3 Å². The number of nitrogens with zero attached hydrogens (tertiary/aromatic N) is 3. The first-order valence-corrected chi connectivity index (χ1v) is 14.9. The Morgan fingerprint density at radius 2 is 1.84 bits per heavy atom. The van der Waals surface area contributed by atoms with E-state index in [1.165, 1.54) is 35.6 Å². The summed E-state index contributed by atoms with van der Waals surface area (Å²) in [4.78, 5) is 3.46. The van der Waals surface area contributed by atoms with E-state index < -0.39 is 55.4 Å². The number of halogens is 1. The first-order chi connectivity index (χ1) is 18.0. The van der Waals surface area contributed by atoms with Crippen molar-refractivity contribution in [2.45, 2.75) is 35.8 Å². The lowest BCUT2D eigenvalue weighted by Gasteiger charge is -2.37. The summed E-state index contributed by atoms with van der Waals surface area (Å²) in [7, 11) is -6.93. The second kappa shape index (κ2) is 11.1. The zero-order chi connectivity index (χ0) is 27.7. The van der Waals surface area contributed by atoms with Gasteiger partial charge in [0.2, 0.25) is 20.0 Å². The van der Waals surface area contributed by atoms with E-state index in [0.29, 0.717) is 5.56 Å². The molecule has 204 valence electrons. The Morgan fingerprint density at radius 1 is 1.16 bits per heavy atom. The molecular formula is C26H30FN3O6S2. The van der Waals surface area contributed by atoms with Crippen molar-refractivity contribution in [2.75, 3.05) is 26.7 Å². The summed E-state index contributed by atoms with van der Waals surface area (Å²) in [5.41, 5.74) is 1.47. The summed E-state index contributed by atoms with van der Waals surface area (Å²) in [5, 5.41) is 9.81. The topological polar surface area (TPSA) is 117 Å². The number of hydrogen-bond acceptors (Lipinski definition) is 7. The highest BCUT2D eigenvalue weighted by molar-refractivity contribution is 7.89. The zero-order valence-corrected chi connectivity index (χ0v) is 22.9. The van der Waals surface area contributed by atoms with E-state index in [0.717, 1.165) is 15.9 Å². The highest BCUT2D eigenvalue weighted by atomic mass is 32.2. The average molecular weight is 564 g/mol. The van der Waals surface area contributed by atoms with Gasteiger partial charge in [-0.3, -0.25) is 4.98 Å². The predicted octanol–water partition coefficient (Wildman–Crippen LogP) is 2.98. The molecule has 0 radical (unpaired) electrons. The zero-order valence-electron chi connectivity index (χ0n) is 21.2. The summed E-state index contributed by atoms with van der Waals surface area (Å²) in [6, 6.07) is 12.6. The summed E-state index contributed by atoms with van der Waals surface area (Å²) < 4.78 is 76.5. The van der Waals surface area contributed by atoms with Crippen LogP contribution in [0, 0.1) is 11.7 Å². The minimum absolute atomic E-state index is 0.0200. The summed E-state index contributed by atoms with van der Waals surface area (Å²) in [6.07, 6.45) is 2.43. The largest absolute Gasteiger partial charge is 0.487 e. The third-order valence-electron chi connectivity index (χ3n) is 6.64. The van der Waals surface area contributed by atoms with Crippen molar-refractivity contribution in [3.8, 4) is 16.9 Å². The highest BCUT2D eigenvalue weighted by Gasteiger charge is 2.39. The van der Waals surface area contributed by atoms with Crippen molar-refractivity contribution in [1.29, 1.82) is 0 Å². The van der Waals surface area contributed by atoms with Crippen LogP contribution in [0.25, 0.3) is 11.1 Å². The smallest absolute Gasteiger partial charge is 0.247 e. The third kappa shape index (κ3) is 5.45. The molecule has 0 fully saturated rings. The molecule has 0 aliphatic carbocycles. The minimum Gasteiger partial charge on any atom is -0.487 e. The molecule has 4 rings (SSSR count).